The zero-order chi connectivity index (χ0) is 99.0. The van der Waals surface area contributed by atoms with Gasteiger partial charge in [0.15, 0.2) is 33.6 Å². The third kappa shape index (κ3) is 41.0. The molecule has 2 aliphatic carbocycles. The van der Waals surface area contributed by atoms with Gasteiger partial charge in [0, 0.05) is 132 Å². The Morgan fingerprint density at radius 3 is 1.10 bits per heavy atom. The normalized spacial score (nSPS) is 14.5. The number of aromatic nitrogens is 8. The number of carboxylic acids is 1. The van der Waals surface area contributed by atoms with Crippen LogP contribution >= 0.6 is 46.7 Å². The first-order chi connectivity index (χ1) is 63.7. The lowest BCUT2D eigenvalue weighted by Gasteiger charge is -2.30. The van der Waals surface area contributed by atoms with Gasteiger partial charge in [0.05, 0.1) is 68.5 Å². The average molecular weight is 1990 g/mol. The molecule has 2 saturated carbocycles. The van der Waals surface area contributed by atoms with E-state index in [4.69, 9.17) is 71.1 Å². The van der Waals surface area contributed by atoms with Crippen molar-refractivity contribution in [2.45, 2.75) is 142 Å². The summed E-state index contributed by atoms with van der Waals surface area (Å²) in [5.74, 6) is -0.786. The van der Waals surface area contributed by atoms with Crippen LogP contribution < -0.4 is 43.1 Å². The zero-order valence-corrected chi connectivity index (χ0v) is 80.7. The van der Waals surface area contributed by atoms with Gasteiger partial charge in [0.25, 0.3) is 0 Å². The molecular weight excluding hydrogens is 1870 g/mol. The van der Waals surface area contributed by atoms with Crippen LogP contribution in [0.5, 0.6) is 17.2 Å². The summed E-state index contributed by atoms with van der Waals surface area (Å²) in [6.07, 6.45) is 24.1. The van der Waals surface area contributed by atoms with Gasteiger partial charge in [-0.15, -0.1) is 40.8 Å². The van der Waals surface area contributed by atoms with Crippen LogP contribution in [-0.4, -0.2) is 245 Å². The number of hydrogen-bond donors (Lipinski definition) is 10. The predicted molar refractivity (Wildman–Crippen MR) is 513 cm³/mol. The molecule has 4 saturated heterocycles. The number of nitrogens with two attached hydrogens (primary N) is 4. The van der Waals surface area contributed by atoms with E-state index in [1.54, 1.807) is 89.9 Å². The van der Waals surface area contributed by atoms with Crippen molar-refractivity contribution in [2.75, 3.05) is 146 Å². The molecule has 44 heteroatoms. The monoisotopic (exact) mass is 1980 g/mol. The first-order valence-corrected chi connectivity index (χ1v) is 45.8. The number of phenolic OH excluding ortho intramolecular Hbond substituents is 3. The van der Waals surface area contributed by atoms with Crippen LogP contribution in [0.1, 0.15) is 136 Å². The molecule has 3 aromatic carbocycles. The van der Waals surface area contributed by atoms with Crippen molar-refractivity contribution in [3.63, 3.8) is 0 Å². The number of para-hydroxylation sites is 3. The number of rotatable bonds is 15. The Kier molecular flexibility index (Phi) is 49.1. The van der Waals surface area contributed by atoms with E-state index in [1.165, 1.54) is 118 Å². The second-order valence-electron chi connectivity index (χ2n) is 31.0. The third-order valence-electron chi connectivity index (χ3n) is 20.4. The number of piperidine rings is 4. The van der Waals surface area contributed by atoms with Crippen LogP contribution in [0.3, 0.4) is 0 Å². The number of ether oxygens (including phenoxy) is 6. The summed E-state index contributed by atoms with van der Waals surface area (Å²) in [5, 5.41) is 86.4. The number of esters is 5. The van der Waals surface area contributed by atoms with E-state index >= 15 is 0 Å². The van der Waals surface area contributed by atoms with Crippen molar-refractivity contribution in [3.05, 3.63) is 170 Å². The predicted octanol–water partition coefficient (Wildman–Crippen LogP) is 12.5. The molecule has 0 spiro atoms. The van der Waals surface area contributed by atoms with Crippen LogP contribution in [0.2, 0.25) is 10.3 Å². The lowest BCUT2D eigenvalue weighted by Crippen LogP contribution is -2.41. The van der Waals surface area contributed by atoms with Crippen LogP contribution in [0.15, 0.2) is 160 Å². The molecule has 14 N–H and O–H groups in total. The van der Waals surface area contributed by atoms with Gasteiger partial charge < -0.3 is 110 Å². The summed E-state index contributed by atoms with van der Waals surface area (Å²) >= 11 is 14.4. The van der Waals surface area contributed by atoms with Crippen LogP contribution in [-0.2, 0) is 75.6 Å². The van der Waals surface area contributed by atoms with Gasteiger partial charge in [-0.1, -0.05) is 106 Å². The number of benzene rings is 3. The van der Waals surface area contributed by atoms with Crippen LogP contribution in [0.4, 0.5) is 45.1 Å². The highest BCUT2D eigenvalue weighted by Gasteiger charge is 2.29. The fourth-order valence-electron chi connectivity index (χ4n) is 13.2. The Labute approximate surface area is 797 Å². The number of hydrogen-bond acceptors (Lipinski definition) is 37. The standard InChI is InChI=1S/C18H20N4O3.C17H18N4O3.C12H15ClN4O2.C10H17NO3.2C9H14O2.C6H7BO3.C5H11O5P.C4H3BrClN3/c1-25-17(24)10-12-6-8-22(9-7-12)15-11-14(20-21-18(15)19)13-4-2-3-5-16(13)23;18-17-14(21-7-5-11(6-8-21)9-16(23)24)10-13(19-20-17)12-3-1-2-4-15(12)22;1-19-11(18)6-8-2-4-17(5-3-8)9-7-10(13)15-16-12(9)14;1-10(2,3)14-9(13)11-6-4-8(12)5-7-11;2*1-11-9(10)7-8-5-3-2-4-6-8;8-6-4-2-1-3-5(6)7(9)10;1-8-5(6)4-11(7,9-2)10-3;5-2-1-3(6)8-9-4(2)7/h2-5,10-11,23H,6-9H2,1H3,(H2,19,21);1-4,9-10,22H,5-8H2,(H2,18,20)(H,23,24);6-7H,2-5H2,1H3,(H2,14,16);4-7H2,1-3H3;2*7H,2-6H2,1H3;1-4,8-10H;4H2,1-3H3;1H,(H2,7,9). The maximum absolute atomic E-state index is 11.5. The maximum atomic E-state index is 11.5. The molecule has 726 valence electrons. The molecule has 0 radical (unpaired) electrons. The number of methoxy groups -OCH3 is 5. The summed E-state index contributed by atoms with van der Waals surface area (Å²) in [4.78, 5) is 95.7. The SMILES string of the molecule is CC(C)(C)OC(=O)N1CCC(=O)CC1.COC(=O)C=C1CCCCC1.COC(=O)C=C1CCCCC1.COC(=O)C=C1CCN(c2cc(-c3ccccc3O)nnc2N)CC1.COC(=O)C=C1CCN(c2cc(Cl)nnc2N)CC1.COC(=O)CP(=O)(OC)OC.Nc1nnc(-c2ccccc2O)cc1N1CCC(=CC(=O)O)CC1.Nc1nnc(Cl)cc1Br.OB(O)c1ccccc1O. The summed E-state index contributed by atoms with van der Waals surface area (Å²) in [6, 6.07) is 26.9. The Morgan fingerprint density at radius 1 is 0.448 bits per heavy atom. The van der Waals surface area contributed by atoms with Crippen LogP contribution in [0, 0.1) is 0 Å². The van der Waals surface area contributed by atoms with E-state index in [2.05, 4.69) is 104 Å². The van der Waals surface area contributed by atoms with E-state index in [9.17, 15) is 53.1 Å². The highest BCUT2D eigenvalue weighted by atomic mass is 79.9. The number of aliphatic carboxylic acids is 1. The molecule has 1 amide bonds. The van der Waals surface area contributed by atoms with E-state index < -0.39 is 32.3 Å². The molecule has 6 fully saturated rings. The fraction of sp³-hybridized carbons (Fsp3) is 0.422. The quantitative estimate of drug-likeness (QED) is 0.0150. The van der Waals surface area contributed by atoms with E-state index in [1.807, 2.05) is 45.0 Å². The molecule has 8 heterocycles. The first kappa shape index (κ1) is 112. The molecular formula is C90H119BBrCl2N16O23P. The number of nitrogens with zero attached hydrogens (tertiary/aromatic N) is 12. The number of Topliss-reactive ketones (excluding diaryl/α,β-unsaturated/α-hetero) is 1. The summed E-state index contributed by atoms with van der Waals surface area (Å²) < 4.78 is 48.7. The van der Waals surface area contributed by atoms with Gasteiger partial charge in [-0.3, -0.25) is 14.2 Å². The minimum atomic E-state index is -3.23. The number of carboxylic acid groups (broad SMARTS) is 1. The second kappa shape index (κ2) is 58.6. The van der Waals surface area contributed by atoms with Gasteiger partial charge in [-0.05, 0) is 175 Å². The largest absolute Gasteiger partial charge is 0.508 e. The molecule has 134 heavy (non-hydrogen) atoms. The fourth-order valence-corrected chi connectivity index (χ4v) is 14.8. The lowest BCUT2D eigenvalue weighted by molar-refractivity contribution is -0.138. The molecule has 0 unspecified atom stereocenters. The van der Waals surface area contributed by atoms with Crippen molar-refractivity contribution in [2.24, 2.45) is 0 Å². The summed E-state index contributed by atoms with van der Waals surface area (Å²) in [7, 11) is 4.40. The highest BCUT2D eigenvalue weighted by Crippen LogP contribution is 2.46. The van der Waals surface area contributed by atoms with E-state index in [-0.39, 0.29) is 64.6 Å². The number of allylic oxidation sites excluding steroid dienone is 2. The number of carbonyl (C=O) groups is 8. The molecule has 13 rings (SSSR count). The number of carbonyl (C=O) groups excluding carboxylic acids is 7. The number of anilines is 7. The second-order valence-corrected chi connectivity index (χ2v) is 34.9. The smallest absolute Gasteiger partial charge is 0.492 e. The van der Waals surface area contributed by atoms with Crippen LogP contribution in [0.25, 0.3) is 22.5 Å². The van der Waals surface area contributed by atoms with Gasteiger partial charge >= 0.3 is 56.6 Å². The van der Waals surface area contributed by atoms with Crippen molar-refractivity contribution >= 4 is 147 Å². The van der Waals surface area contributed by atoms with Gasteiger partial charge in [-0.2, -0.15) is 0 Å². The van der Waals surface area contributed by atoms with Gasteiger partial charge in [-0.25, -0.2) is 28.8 Å². The average Bonchev–Trinajstić information content (AvgIpc) is 0.809. The number of ketones is 1. The molecule has 0 bridgehead atoms. The first-order valence-electron chi connectivity index (χ1n) is 42.5. The number of nitrogen functional groups attached to an aromatic ring is 4. The number of aromatic hydroxyl groups is 3. The van der Waals surface area contributed by atoms with Crippen molar-refractivity contribution in [1.29, 1.82) is 0 Å². The van der Waals surface area contributed by atoms with Crippen molar-refractivity contribution in [1.82, 2.24) is 45.7 Å². The molecule has 7 aromatic rings. The van der Waals surface area contributed by atoms with Crippen molar-refractivity contribution < 1.29 is 111 Å². The molecule has 0 atom stereocenters. The molecule has 4 aliphatic heterocycles. The lowest BCUT2D eigenvalue weighted by atomic mass is 9.80. The summed E-state index contributed by atoms with van der Waals surface area (Å²) in [5.41, 5.74) is 32.9. The highest BCUT2D eigenvalue weighted by molar-refractivity contribution is 9.10. The maximum Gasteiger partial charge on any atom is 0.492 e. The Balaban J connectivity index is 0.000000273. The topological polar surface area (TPSA) is 569 Å². The molecule has 6 aliphatic rings. The summed E-state index contributed by atoms with van der Waals surface area (Å²) in [6.45, 7) is 10.8. The van der Waals surface area contributed by atoms with Gasteiger partial charge in [0.1, 0.15) is 34.8 Å². The Hall–Kier alpha value is -12.4. The van der Waals surface area contributed by atoms with Crippen molar-refractivity contribution in [3.8, 4) is 39.8 Å². The number of likely N-dealkylation sites (tertiary alicyclic amines) is 1. The Bertz CT molecular complexity index is 5180. The van der Waals surface area contributed by atoms with E-state index in [0.717, 1.165) is 111 Å². The molecule has 4 aromatic heterocycles. The molecule has 39 nitrogen and oxygen atoms in total. The minimum absolute atomic E-state index is 0.0995. The zero-order valence-electron chi connectivity index (χ0n) is 76.7. The number of halogens is 3. The minimum Gasteiger partial charge on any atom is -0.508 e. The van der Waals surface area contributed by atoms with E-state index in [0.29, 0.717) is 112 Å². The number of amides is 1. The van der Waals surface area contributed by atoms with Gasteiger partial charge in [0.2, 0.25) is 0 Å². The number of phenols is 3. The Morgan fingerprint density at radius 2 is 0.784 bits per heavy atom. The third-order valence-corrected chi connectivity index (χ3v) is 23.2.